The Kier molecular flexibility index (Phi) is 7.19. The Morgan fingerprint density at radius 1 is 1.03 bits per heavy atom. The normalized spacial score (nSPS) is 22.2. The Hall–Kier alpha value is -3.59. The fraction of sp³-hybridized carbons (Fsp3) is 0.464. The quantitative estimate of drug-likeness (QED) is 0.437. The number of carbonyl (C=O) groups excluding carboxylic acids is 1. The third-order valence-electron chi connectivity index (χ3n) is 7.33. The third kappa shape index (κ3) is 4.21. The number of methoxy groups -OCH3 is 4. The van der Waals surface area contributed by atoms with Crippen molar-refractivity contribution < 1.29 is 43.1 Å². The second-order valence-electron chi connectivity index (χ2n) is 9.38. The minimum Gasteiger partial charge on any atom is -0.493 e. The largest absolute Gasteiger partial charge is 0.493 e. The average Bonchev–Trinajstić information content (AvgIpc) is 3.36. The highest BCUT2D eigenvalue weighted by Crippen LogP contribution is 2.59. The summed E-state index contributed by atoms with van der Waals surface area (Å²) in [4.78, 5) is 13.0. The number of esters is 1. The van der Waals surface area contributed by atoms with Gasteiger partial charge in [-0.3, -0.25) is 0 Å². The van der Waals surface area contributed by atoms with Gasteiger partial charge in [0.1, 0.15) is 5.60 Å². The van der Waals surface area contributed by atoms with Crippen molar-refractivity contribution in [1.29, 1.82) is 0 Å². The Morgan fingerprint density at radius 3 is 2.30 bits per heavy atom. The van der Waals surface area contributed by atoms with Gasteiger partial charge in [0.2, 0.25) is 18.3 Å². The number of fused-ring (bicyclic) bond motifs is 4. The van der Waals surface area contributed by atoms with Crippen LogP contribution in [0.5, 0.6) is 34.5 Å². The summed E-state index contributed by atoms with van der Waals surface area (Å²) in [5.41, 5.74) is 1.47. The van der Waals surface area contributed by atoms with Gasteiger partial charge in [-0.2, -0.15) is 0 Å². The van der Waals surface area contributed by atoms with Gasteiger partial charge < -0.3 is 38.3 Å². The lowest BCUT2D eigenvalue weighted by atomic mass is 9.73. The first-order valence-electron chi connectivity index (χ1n) is 12.0. The van der Waals surface area contributed by atoms with E-state index in [4.69, 9.17) is 33.2 Å². The van der Waals surface area contributed by atoms with Crippen molar-refractivity contribution in [2.45, 2.75) is 45.8 Å². The van der Waals surface area contributed by atoms with E-state index in [-0.39, 0.29) is 12.7 Å². The van der Waals surface area contributed by atoms with Crippen molar-refractivity contribution in [3.63, 3.8) is 0 Å². The number of benzene rings is 2. The highest BCUT2D eigenvalue weighted by Gasteiger charge is 2.47. The molecule has 0 aromatic heterocycles. The second kappa shape index (κ2) is 10.0. The standard InChI is InChI=1S/C28H34O9/c1-9-14(2)27(29)37-26-17-12-19-23(36-13-35-19)25(34-8)21(17)20-16(10-15(3)28(26,4)30)11-18(31-5)22(32-6)24(20)33-7/h9,11-12,15,26,30H,10,13H2,1-8H3/b14-9-. The number of allylic oxidation sites excluding steroid dienone is 1. The SMILES string of the molecule is C/C=C(/C)C(=O)OC1c2cc3c(c(OC)c2-c2c(cc(OC)c(OC)c2OC)CC(C)C1(C)O)OCO3. The summed E-state index contributed by atoms with van der Waals surface area (Å²) in [6.45, 7) is 7.00. The van der Waals surface area contributed by atoms with E-state index in [1.165, 1.54) is 14.2 Å². The molecule has 1 aliphatic heterocycles. The van der Waals surface area contributed by atoms with Crippen LogP contribution in [0.15, 0.2) is 23.8 Å². The molecule has 200 valence electrons. The van der Waals surface area contributed by atoms with E-state index in [1.807, 2.05) is 13.0 Å². The molecule has 3 unspecified atom stereocenters. The van der Waals surface area contributed by atoms with Gasteiger partial charge in [-0.25, -0.2) is 4.79 Å². The van der Waals surface area contributed by atoms with Gasteiger partial charge in [0, 0.05) is 22.3 Å². The van der Waals surface area contributed by atoms with Crippen molar-refractivity contribution in [2.24, 2.45) is 5.92 Å². The van der Waals surface area contributed by atoms with Crippen LogP contribution in [0, 0.1) is 5.92 Å². The van der Waals surface area contributed by atoms with Crippen LogP contribution in [0.3, 0.4) is 0 Å². The zero-order valence-corrected chi connectivity index (χ0v) is 22.5. The number of rotatable bonds is 6. The summed E-state index contributed by atoms with van der Waals surface area (Å²) in [5, 5.41) is 12.0. The first-order chi connectivity index (χ1) is 17.6. The molecule has 0 bridgehead atoms. The molecule has 1 heterocycles. The number of carbonyl (C=O) groups is 1. The second-order valence-corrected chi connectivity index (χ2v) is 9.38. The molecule has 3 atom stereocenters. The van der Waals surface area contributed by atoms with Gasteiger partial charge in [-0.15, -0.1) is 0 Å². The van der Waals surface area contributed by atoms with Crippen LogP contribution in [0.2, 0.25) is 0 Å². The van der Waals surface area contributed by atoms with Gasteiger partial charge in [-0.1, -0.05) is 13.0 Å². The average molecular weight is 515 g/mol. The van der Waals surface area contributed by atoms with Crippen LogP contribution >= 0.6 is 0 Å². The van der Waals surface area contributed by atoms with E-state index in [1.54, 1.807) is 47.1 Å². The molecular formula is C28H34O9. The van der Waals surface area contributed by atoms with Crippen LogP contribution in [-0.4, -0.2) is 51.9 Å². The summed E-state index contributed by atoms with van der Waals surface area (Å²) in [6, 6.07) is 3.60. The molecule has 0 spiro atoms. The van der Waals surface area contributed by atoms with E-state index in [2.05, 4.69) is 0 Å². The number of hydrogen-bond acceptors (Lipinski definition) is 9. The van der Waals surface area contributed by atoms with Gasteiger partial charge in [-0.05, 0) is 50.8 Å². The third-order valence-corrected chi connectivity index (χ3v) is 7.33. The molecule has 37 heavy (non-hydrogen) atoms. The zero-order chi connectivity index (χ0) is 27.1. The number of aliphatic hydroxyl groups is 1. The van der Waals surface area contributed by atoms with Crippen molar-refractivity contribution in [3.05, 3.63) is 34.9 Å². The molecule has 4 rings (SSSR count). The number of hydrogen-bond donors (Lipinski definition) is 1. The van der Waals surface area contributed by atoms with Crippen molar-refractivity contribution in [2.75, 3.05) is 35.2 Å². The Morgan fingerprint density at radius 2 is 1.70 bits per heavy atom. The van der Waals surface area contributed by atoms with Gasteiger partial charge in [0.15, 0.2) is 29.1 Å². The maximum absolute atomic E-state index is 13.0. The molecule has 0 saturated carbocycles. The molecule has 0 fully saturated rings. The molecular weight excluding hydrogens is 480 g/mol. The lowest BCUT2D eigenvalue weighted by Gasteiger charge is -2.41. The van der Waals surface area contributed by atoms with E-state index in [0.29, 0.717) is 63.2 Å². The van der Waals surface area contributed by atoms with Gasteiger partial charge in [0.05, 0.1) is 28.4 Å². The predicted molar refractivity (Wildman–Crippen MR) is 136 cm³/mol. The van der Waals surface area contributed by atoms with Crippen LogP contribution in [0.25, 0.3) is 11.1 Å². The summed E-state index contributed by atoms with van der Waals surface area (Å²) >= 11 is 0. The topological polar surface area (TPSA) is 102 Å². The lowest BCUT2D eigenvalue weighted by Crippen LogP contribution is -2.44. The molecule has 2 aromatic carbocycles. The molecule has 9 nitrogen and oxygen atoms in total. The lowest BCUT2D eigenvalue weighted by molar-refractivity contribution is -0.166. The van der Waals surface area contributed by atoms with Gasteiger partial charge in [0.25, 0.3) is 0 Å². The molecule has 2 aliphatic rings. The van der Waals surface area contributed by atoms with Crippen LogP contribution in [-0.2, 0) is 16.0 Å². The Bertz CT molecular complexity index is 1250. The molecule has 0 amide bonds. The molecule has 1 N–H and O–H groups in total. The molecule has 0 saturated heterocycles. The van der Waals surface area contributed by atoms with E-state index in [9.17, 15) is 9.90 Å². The molecule has 0 radical (unpaired) electrons. The maximum atomic E-state index is 13.0. The van der Waals surface area contributed by atoms with E-state index >= 15 is 0 Å². The zero-order valence-electron chi connectivity index (χ0n) is 22.5. The highest BCUT2D eigenvalue weighted by molar-refractivity contribution is 5.91. The predicted octanol–water partition coefficient (Wildman–Crippen LogP) is 4.61. The molecule has 9 heteroatoms. The van der Waals surface area contributed by atoms with Crippen LogP contribution in [0.4, 0.5) is 0 Å². The van der Waals surface area contributed by atoms with Crippen molar-refractivity contribution in [1.82, 2.24) is 0 Å². The first-order valence-corrected chi connectivity index (χ1v) is 12.0. The van der Waals surface area contributed by atoms with E-state index < -0.39 is 17.7 Å². The summed E-state index contributed by atoms with van der Waals surface area (Å²) in [5.74, 6) is 1.59. The smallest absolute Gasteiger partial charge is 0.334 e. The highest BCUT2D eigenvalue weighted by atomic mass is 16.7. The molecule has 1 aliphatic carbocycles. The fourth-order valence-corrected chi connectivity index (χ4v) is 4.94. The fourth-order valence-electron chi connectivity index (χ4n) is 4.94. The Balaban J connectivity index is 2.16. The Labute approximate surface area is 216 Å². The van der Waals surface area contributed by atoms with Crippen LogP contribution in [0.1, 0.15) is 44.9 Å². The minimum absolute atomic E-state index is 0.000553. The number of ether oxygens (including phenoxy) is 7. The van der Waals surface area contributed by atoms with Crippen molar-refractivity contribution >= 4 is 5.97 Å². The monoisotopic (exact) mass is 514 g/mol. The molecule has 2 aromatic rings. The first kappa shape index (κ1) is 26.5. The minimum atomic E-state index is -1.48. The summed E-state index contributed by atoms with van der Waals surface area (Å²) < 4.78 is 40.6. The van der Waals surface area contributed by atoms with E-state index in [0.717, 1.165) is 5.56 Å². The van der Waals surface area contributed by atoms with Crippen LogP contribution < -0.4 is 28.4 Å². The van der Waals surface area contributed by atoms with Gasteiger partial charge >= 0.3 is 5.97 Å². The van der Waals surface area contributed by atoms with Crippen molar-refractivity contribution in [3.8, 4) is 45.6 Å². The maximum Gasteiger partial charge on any atom is 0.334 e. The summed E-state index contributed by atoms with van der Waals surface area (Å²) in [6.07, 6.45) is 1.00. The summed E-state index contributed by atoms with van der Waals surface area (Å²) in [7, 11) is 6.15.